The van der Waals surface area contributed by atoms with Gasteiger partial charge < -0.3 is 10.2 Å². The zero-order valence-corrected chi connectivity index (χ0v) is 10.6. The molecule has 1 heterocycles. The van der Waals surface area contributed by atoms with E-state index in [0.717, 1.165) is 19.4 Å². The Morgan fingerprint density at radius 2 is 2.12 bits per heavy atom. The number of carbonyl (C=O) groups is 1. The van der Waals surface area contributed by atoms with Crippen LogP contribution in [-0.4, -0.2) is 29.9 Å². The summed E-state index contributed by atoms with van der Waals surface area (Å²) in [5.74, 6) is 0.193. The molecule has 1 fully saturated rings. The second-order valence-corrected chi connectivity index (χ2v) is 5.01. The minimum atomic E-state index is -0.358. The van der Waals surface area contributed by atoms with Crippen molar-refractivity contribution in [2.75, 3.05) is 13.6 Å². The largest absolute Gasteiger partial charge is 0.340 e. The lowest BCUT2D eigenvalue weighted by Crippen LogP contribution is -2.51. The highest BCUT2D eigenvalue weighted by Gasteiger charge is 2.37. The first-order chi connectivity index (χ1) is 8.12. The average Bonchev–Trinajstić information content (AvgIpc) is 2.78. The van der Waals surface area contributed by atoms with Crippen LogP contribution in [0.5, 0.6) is 0 Å². The molecule has 3 nitrogen and oxygen atoms in total. The highest BCUT2D eigenvalue weighted by molar-refractivity contribution is 5.86. The fourth-order valence-electron chi connectivity index (χ4n) is 2.43. The van der Waals surface area contributed by atoms with Crippen molar-refractivity contribution in [2.24, 2.45) is 0 Å². The van der Waals surface area contributed by atoms with Crippen LogP contribution in [0.1, 0.15) is 25.3 Å². The maximum Gasteiger partial charge on any atom is 0.242 e. The lowest BCUT2D eigenvalue weighted by Gasteiger charge is -2.29. The number of hydrogen-bond acceptors (Lipinski definition) is 2. The van der Waals surface area contributed by atoms with E-state index in [1.54, 1.807) is 0 Å². The Balaban J connectivity index is 2.00. The third kappa shape index (κ3) is 2.67. The molecule has 0 aliphatic carbocycles. The fraction of sp³-hybridized carbons (Fsp3) is 0.500. The third-order valence-electron chi connectivity index (χ3n) is 3.45. The molecule has 1 aromatic rings. The minimum Gasteiger partial charge on any atom is -0.340 e. The molecule has 1 atom stereocenters. The van der Waals surface area contributed by atoms with E-state index in [9.17, 15) is 4.79 Å². The van der Waals surface area contributed by atoms with Gasteiger partial charge in [-0.05, 0) is 31.9 Å². The Kier molecular flexibility index (Phi) is 3.48. The molecule has 0 radical (unpaired) electrons. The highest BCUT2D eigenvalue weighted by Crippen LogP contribution is 2.21. The molecule has 1 N–H and O–H groups in total. The molecular weight excluding hydrogens is 212 g/mol. The number of rotatable bonds is 3. The molecule has 1 amide bonds. The number of likely N-dealkylation sites (N-methyl/N-ethyl adjacent to an activating group) is 1. The van der Waals surface area contributed by atoms with Crippen molar-refractivity contribution < 1.29 is 4.79 Å². The topological polar surface area (TPSA) is 32.3 Å². The van der Waals surface area contributed by atoms with E-state index in [4.69, 9.17) is 0 Å². The molecule has 1 unspecified atom stereocenters. The summed E-state index contributed by atoms with van der Waals surface area (Å²) < 4.78 is 0. The summed E-state index contributed by atoms with van der Waals surface area (Å²) in [6.45, 7) is 3.63. The molecule has 1 saturated heterocycles. The summed E-state index contributed by atoms with van der Waals surface area (Å²) in [4.78, 5) is 14.1. The van der Waals surface area contributed by atoms with Crippen molar-refractivity contribution >= 4 is 5.91 Å². The molecule has 0 spiro atoms. The van der Waals surface area contributed by atoms with Crippen LogP contribution in [0, 0.1) is 0 Å². The standard InChI is InChI=1S/C14H20N2O/c1-14(9-6-10-15-14)13(17)16(2)11-12-7-4-3-5-8-12/h3-5,7-8,15H,6,9-11H2,1-2H3. The van der Waals surface area contributed by atoms with Crippen molar-refractivity contribution in [2.45, 2.75) is 31.8 Å². The lowest BCUT2D eigenvalue weighted by atomic mass is 9.98. The van der Waals surface area contributed by atoms with Gasteiger partial charge in [0.1, 0.15) is 0 Å². The summed E-state index contributed by atoms with van der Waals surface area (Å²) in [7, 11) is 1.88. The summed E-state index contributed by atoms with van der Waals surface area (Å²) in [5, 5.41) is 3.31. The van der Waals surface area contributed by atoms with Gasteiger partial charge in [-0.3, -0.25) is 4.79 Å². The molecule has 3 heteroatoms. The van der Waals surface area contributed by atoms with E-state index in [1.165, 1.54) is 5.56 Å². The normalized spacial score (nSPS) is 23.6. The summed E-state index contributed by atoms with van der Waals surface area (Å²) in [5.41, 5.74) is 0.814. The maximum absolute atomic E-state index is 12.3. The number of nitrogens with zero attached hydrogens (tertiary/aromatic N) is 1. The summed E-state index contributed by atoms with van der Waals surface area (Å²) >= 11 is 0. The van der Waals surface area contributed by atoms with Crippen molar-refractivity contribution in [1.82, 2.24) is 10.2 Å². The molecule has 2 rings (SSSR count). The van der Waals surface area contributed by atoms with Crippen LogP contribution >= 0.6 is 0 Å². The predicted octanol–water partition coefficient (Wildman–Crippen LogP) is 1.79. The van der Waals surface area contributed by atoms with Gasteiger partial charge in [0.15, 0.2) is 0 Å². The van der Waals surface area contributed by atoms with Crippen LogP contribution in [0.25, 0.3) is 0 Å². The zero-order chi connectivity index (χ0) is 12.3. The Morgan fingerprint density at radius 3 is 2.71 bits per heavy atom. The van der Waals surface area contributed by atoms with Crippen LogP contribution in [0.15, 0.2) is 30.3 Å². The third-order valence-corrected chi connectivity index (χ3v) is 3.45. The smallest absolute Gasteiger partial charge is 0.242 e. The van der Waals surface area contributed by atoms with Gasteiger partial charge >= 0.3 is 0 Å². The van der Waals surface area contributed by atoms with Crippen LogP contribution < -0.4 is 5.32 Å². The molecule has 17 heavy (non-hydrogen) atoms. The van der Waals surface area contributed by atoms with Crippen molar-refractivity contribution in [3.8, 4) is 0 Å². The number of benzene rings is 1. The van der Waals surface area contributed by atoms with E-state index >= 15 is 0 Å². The molecule has 1 aliphatic rings. The van der Waals surface area contributed by atoms with Gasteiger partial charge in [-0.2, -0.15) is 0 Å². The minimum absolute atomic E-state index is 0.193. The van der Waals surface area contributed by atoms with E-state index in [2.05, 4.69) is 5.32 Å². The average molecular weight is 232 g/mol. The van der Waals surface area contributed by atoms with Gasteiger partial charge in [0.25, 0.3) is 0 Å². The zero-order valence-electron chi connectivity index (χ0n) is 10.6. The molecule has 0 bridgehead atoms. The summed E-state index contributed by atoms with van der Waals surface area (Å²) in [6.07, 6.45) is 2.02. The van der Waals surface area contributed by atoms with Crippen molar-refractivity contribution in [3.05, 3.63) is 35.9 Å². The second-order valence-electron chi connectivity index (χ2n) is 5.01. The number of amides is 1. The van der Waals surface area contributed by atoms with Crippen LogP contribution in [0.2, 0.25) is 0 Å². The van der Waals surface area contributed by atoms with Gasteiger partial charge in [-0.25, -0.2) is 0 Å². The molecule has 92 valence electrons. The molecule has 0 saturated carbocycles. The fourth-order valence-corrected chi connectivity index (χ4v) is 2.43. The van der Waals surface area contributed by atoms with Gasteiger partial charge in [-0.15, -0.1) is 0 Å². The SMILES string of the molecule is CN(Cc1ccccc1)C(=O)C1(C)CCCN1. The van der Waals surface area contributed by atoms with Crippen molar-refractivity contribution in [1.29, 1.82) is 0 Å². The Bertz CT molecular complexity index is 382. The Labute approximate surface area is 103 Å². The Hall–Kier alpha value is -1.35. The first kappa shape index (κ1) is 12.1. The van der Waals surface area contributed by atoms with Gasteiger partial charge in [0, 0.05) is 13.6 Å². The number of carbonyl (C=O) groups excluding carboxylic acids is 1. The Morgan fingerprint density at radius 1 is 1.41 bits per heavy atom. The van der Waals surface area contributed by atoms with Gasteiger partial charge in [0.05, 0.1) is 5.54 Å². The molecule has 0 aromatic heterocycles. The maximum atomic E-state index is 12.3. The second kappa shape index (κ2) is 4.88. The van der Waals surface area contributed by atoms with E-state index in [1.807, 2.05) is 49.2 Å². The monoisotopic (exact) mass is 232 g/mol. The van der Waals surface area contributed by atoms with Crippen LogP contribution in [0.4, 0.5) is 0 Å². The van der Waals surface area contributed by atoms with Crippen molar-refractivity contribution in [3.63, 3.8) is 0 Å². The van der Waals surface area contributed by atoms with Gasteiger partial charge in [0.2, 0.25) is 5.91 Å². The lowest BCUT2D eigenvalue weighted by molar-refractivity contribution is -0.136. The van der Waals surface area contributed by atoms with Crippen LogP contribution in [-0.2, 0) is 11.3 Å². The first-order valence-corrected chi connectivity index (χ1v) is 6.16. The molecular formula is C14H20N2O. The van der Waals surface area contributed by atoms with Gasteiger partial charge in [-0.1, -0.05) is 30.3 Å². The number of hydrogen-bond donors (Lipinski definition) is 1. The van der Waals surface area contributed by atoms with E-state index in [0.29, 0.717) is 6.54 Å². The molecule has 1 aromatic carbocycles. The highest BCUT2D eigenvalue weighted by atomic mass is 16.2. The first-order valence-electron chi connectivity index (χ1n) is 6.16. The van der Waals surface area contributed by atoms with E-state index in [-0.39, 0.29) is 11.4 Å². The van der Waals surface area contributed by atoms with Crippen LogP contribution in [0.3, 0.4) is 0 Å². The summed E-state index contributed by atoms with van der Waals surface area (Å²) in [6, 6.07) is 10.1. The van der Waals surface area contributed by atoms with E-state index < -0.39 is 0 Å². The number of nitrogens with one attached hydrogen (secondary N) is 1. The quantitative estimate of drug-likeness (QED) is 0.861. The predicted molar refractivity (Wildman–Crippen MR) is 68.6 cm³/mol. The molecule has 1 aliphatic heterocycles.